The van der Waals surface area contributed by atoms with E-state index >= 15 is 0 Å². The molecule has 0 fully saturated rings. The van der Waals surface area contributed by atoms with Gasteiger partial charge in [0, 0.05) is 22.0 Å². The fourth-order valence-corrected chi connectivity index (χ4v) is 2.91. The molecule has 2 nitrogen and oxygen atoms in total. The molecule has 2 aromatic rings. The van der Waals surface area contributed by atoms with E-state index in [9.17, 15) is 8.60 Å². The quantitative estimate of drug-likeness (QED) is 0.941. The summed E-state index contributed by atoms with van der Waals surface area (Å²) in [5.41, 5.74) is 6.75. The molecule has 0 aliphatic carbocycles. The summed E-state index contributed by atoms with van der Waals surface area (Å²) in [5.74, 6) is -0.235. The van der Waals surface area contributed by atoms with Crippen LogP contribution in [0.4, 0.5) is 4.39 Å². The third-order valence-corrected chi connectivity index (χ3v) is 4.33. The molecule has 2 N–H and O–H groups in total. The van der Waals surface area contributed by atoms with Gasteiger partial charge in [-0.1, -0.05) is 23.7 Å². The first-order chi connectivity index (χ1) is 9.10. The van der Waals surface area contributed by atoms with E-state index in [0.717, 1.165) is 5.56 Å². The molecular weight excluding hydrogens is 285 g/mol. The van der Waals surface area contributed by atoms with E-state index in [1.807, 2.05) is 0 Å². The number of halogens is 2. The Morgan fingerprint density at radius 3 is 2.47 bits per heavy atom. The second kappa shape index (κ2) is 6.28. The number of benzene rings is 2. The van der Waals surface area contributed by atoms with Gasteiger partial charge in [-0.05, 0) is 35.9 Å². The highest BCUT2D eigenvalue weighted by atomic mass is 35.5. The summed E-state index contributed by atoms with van der Waals surface area (Å²) in [7, 11) is -1.30. The maximum atomic E-state index is 13.6. The highest BCUT2D eigenvalue weighted by Gasteiger charge is 2.10. The maximum absolute atomic E-state index is 13.6. The summed E-state index contributed by atoms with van der Waals surface area (Å²) < 4.78 is 25.8. The average molecular weight is 298 g/mol. The van der Waals surface area contributed by atoms with Gasteiger partial charge in [0.25, 0.3) is 0 Å². The Kier molecular flexibility index (Phi) is 4.69. The largest absolute Gasteiger partial charge is 0.326 e. The normalized spacial score (nSPS) is 12.4. The van der Waals surface area contributed by atoms with Crippen LogP contribution in [0.2, 0.25) is 5.02 Å². The van der Waals surface area contributed by atoms with Gasteiger partial charge in [0.2, 0.25) is 0 Å². The first-order valence-corrected chi connectivity index (χ1v) is 7.41. The zero-order valence-electron chi connectivity index (χ0n) is 10.1. The molecule has 0 aliphatic heterocycles. The fourth-order valence-electron chi connectivity index (χ4n) is 1.68. The molecule has 100 valence electrons. The van der Waals surface area contributed by atoms with Crippen molar-refractivity contribution in [3.8, 4) is 0 Å². The van der Waals surface area contributed by atoms with Crippen LogP contribution in [0, 0.1) is 5.82 Å². The van der Waals surface area contributed by atoms with E-state index in [4.69, 9.17) is 17.3 Å². The van der Waals surface area contributed by atoms with Crippen LogP contribution in [0.15, 0.2) is 47.4 Å². The lowest BCUT2D eigenvalue weighted by Gasteiger charge is -2.06. The molecule has 1 atom stereocenters. The molecule has 5 heteroatoms. The Hall–Kier alpha value is -1.23. The van der Waals surface area contributed by atoms with E-state index in [1.54, 1.807) is 36.4 Å². The summed E-state index contributed by atoms with van der Waals surface area (Å²) in [6.07, 6.45) is 0. The molecule has 0 radical (unpaired) electrons. The standard InChI is InChI=1S/C14H13ClFNOS/c15-12-2-4-13(5-3-12)19(18)9-11-7-10(8-17)1-6-14(11)16/h1-7H,8-9,17H2. The van der Waals surface area contributed by atoms with Crippen molar-refractivity contribution in [1.82, 2.24) is 0 Å². The first-order valence-electron chi connectivity index (χ1n) is 5.71. The van der Waals surface area contributed by atoms with Crippen molar-refractivity contribution < 1.29 is 8.60 Å². The van der Waals surface area contributed by atoms with Gasteiger partial charge in [-0.25, -0.2) is 4.39 Å². The molecule has 0 saturated heterocycles. The molecule has 2 rings (SSSR count). The van der Waals surface area contributed by atoms with Crippen LogP contribution in [0.1, 0.15) is 11.1 Å². The van der Waals surface area contributed by atoms with E-state index in [0.29, 0.717) is 22.0 Å². The zero-order valence-corrected chi connectivity index (χ0v) is 11.7. The molecule has 19 heavy (non-hydrogen) atoms. The molecule has 2 aromatic carbocycles. The summed E-state index contributed by atoms with van der Waals surface area (Å²) in [6.45, 7) is 0.334. The average Bonchev–Trinajstić information content (AvgIpc) is 2.42. The van der Waals surface area contributed by atoms with Crippen molar-refractivity contribution in [3.63, 3.8) is 0 Å². The Bertz CT molecular complexity index is 601. The molecule has 0 amide bonds. The van der Waals surface area contributed by atoms with Crippen molar-refractivity contribution >= 4 is 22.4 Å². The number of hydrogen-bond acceptors (Lipinski definition) is 2. The molecule has 0 spiro atoms. The predicted molar refractivity (Wildman–Crippen MR) is 75.9 cm³/mol. The van der Waals surface area contributed by atoms with Crippen molar-refractivity contribution in [2.75, 3.05) is 0 Å². The molecule has 0 aromatic heterocycles. The third kappa shape index (κ3) is 3.62. The smallest absolute Gasteiger partial charge is 0.127 e. The second-order valence-electron chi connectivity index (χ2n) is 4.07. The molecule has 1 unspecified atom stereocenters. The van der Waals surface area contributed by atoms with Crippen LogP contribution in [0.25, 0.3) is 0 Å². The lowest BCUT2D eigenvalue weighted by molar-refractivity contribution is 0.614. The second-order valence-corrected chi connectivity index (χ2v) is 5.96. The van der Waals surface area contributed by atoms with Gasteiger partial charge < -0.3 is 5.73 Å². The predicted octanol–water partition coefficient (Wildman–Crippen LogP) is 3.25. The monoisotopic (exact) mass is 297 g/mol. The Morgan fingerprint density at radius 2 is 1.84 bits per heavy atom. The van der Waals surface area contributed by atoms with E-state index in [-0.39, 0.29) is 11.6 Å². The summed E-state index contributed by atoms with van der Waals surface area (Å²) in [4.78, 5) is 0.627. The molecular formula is C14H13ClFNOS. The van der Waals surface area contributed by atoms with Gasteiger partial charge in [0.1, 0.15) is 5.82 Å². The van der Waals surface area contributed by atoms with Crippen molar-refractivity contribution in [1.29, 1.82) is 0 Å². The van der Waals surface area contributed by atoms with Gasteiger partial charge >= 0.3 is 0 Å². The van der Waals surface area contributed by atoms with Gasteiger partial charge in [0.15, 0.2) is 0 Å². The minimum atomic E-state index is -1.30. The van der Waals surface area contributed by atoms with E-state index < -0.39 is 10.8 Å². The Balaban J connectivity index is 2.21. The van der Waals surface area contributed by atoms with Gasteiger partial charge in [0.05, 0.1) is 16.6 Å². The first kappa shape index (κ1) is 14.2. The minimum absolute atomic E-state index is 0.126. The Morgan fingerprint density at radius 1 is 1.16 bits per heavy atom. The topological polar surface area (TPSA) is 43.1 Å². The molecule has 0 aliphatic rings. The van der Waals surface area contributed by atoms with Crippen molar-refractivity contribution in [3.05, 3.63) is 64.4 Å². The van der Waals surface area contributed by atoms with Gasteiger partial charge in [-0.15, -0.1) is 0 Å². The van der Waals surface area contributed by atoms with Crippen LogP contribution < -0.4 is 5.73 Å². The zero-order chi connectivity index (χ0) is 13.8. The highest BCUT2D eigenvalue weighted by molar-refractivity contribution is 7.84. The lowest BCUT2D eigenvalue weighted by atomic mass is 10.1. The third-order valence-electron chi connectivity index (χ3n) is 2.71. The number of rotatable bonds is 4. The summed E-state index contributed by atoms with van der Waals surface area (Å²) in [5, 5.41) is 0.581. The van der Waals surface area contributed by atoms with Gasteiger partial charge in [-0.2, -0.15) is 0 Å². The lowest BCUT2D eigenvalue weighted by Crippen LogP contribution is -2.02. The Labute approximate surface area is 118 Å². The van der Waals surface area contributed by atoms with Crippen LogP contribution in [0.3, 0.4) is 0 Å². The van der Waals surface area contributed by atoms with Crippen LogP contribution >= 0.6 is 11.6 Å². The molecule has 0 saturated carbocycles. The van der Waals surface area contributed by atoms with Gasteiger partial charge in [-0.3, -0.25) is 4.21 Å². The van der Waals surface area contributed by atoms with Crippen molar-refractivity contribution in [2.45, 2.75) is 17.2 Å². The van der Waals surface area contributed by atoms with Crippen LogP contribution in [-0.2, 0) is 23.1 Å². The van der Waals surface area contributed by atoms with E-state index in [1.165, 1.54) is 6.07 Å². The number of hydrogen-bond donors (Lipinski definition) is 1. The van der Waals surface area contributed by atoms with E-state index in [2.05, 4.69) is 0 Å². The van der Waals surface area contributed by atoms with Crippen molar-refractivity contribution in [2.24, 2.45) is 5.73 Å². The van der Waals surface area contributed by atoms with Crippen LogP contribution in [-0.4, -0.2) is 4.21 Å². The minimum Gasteiger partial charge on any atom is -0.326 e. The maximum Gasteiger partial charge on any atom is 0.127 e. The fraction of sp³-hybridized carbons (Fsp3) is 0.143. The van der Waals surface area contributed by atoms with Crippen LogP contribution in [0.5, 0.6) is 0 Å². The molecule has 0 heterocycles. The highest BCUT2D eigenvalue weighted by Crippen LogP contribution is 2.18. The molecule has 0 bridgehead atoms. The number of nitrogens with two attached hydrogens (primary N) is 1. The summed E-state index contributed by atoms with van der Waals surface area (Å²) >= 11 is 5.77. The summed E-state index contributed by atoms with van der Waals surface area (Å²) in [6, 6.07) is 11.3. The SMILES string of the molecule is NCc1ccc(F)c(CS(=O)c2ccc(Cl)cc2)c1.